The van der Waals surface area contributed by atoms with E-state index >= 15 is 0 Å². The molecule has 1 saturated heterocycles. The van der Waals surface area contributed by atoms with Crippen molar-refractivity contribution in [2.75, 3.05) is 44.7 Å². The number of anilines is 1. The summed E-state index contributed by atoms with van der Waals surface area (Å²) in [5.41, 5.74) is 5.55. The van der Waals surface area contributed by atoms with Gasteiger partial charge in [-0.15, -0.1) is 24.8 Å². The summed E-state index contributed by atoms with van der Waals surface area (Å²) < 4.78 is 5.16. The van der Waals surface area contributed by atoms with E-state index in [0.717, 1.165) is 18.9 Å². The largest absolute Gasteiger partial charge is 0.380 e. The first-order valence-electron chi connectivity index (χ1n) is 7.01. The van der Waals surface area contributed by atoms with Crippen LogP contribution in [0.2, 0.25) is 5.02 Å². The van der Waals surface area contributed by atoms with Gasteiger partial charge in [0, 0.05) is 46.0 Å². The van der Waals surface area contributed by atoms with Crippen molar-refractivity contribution in [3.63, 3.8) is 0 Å². The van der Waals surface area contributed by atoms with Crippen LogP contribution in [0, 0.1) is 0 Å². The summed E-state index contributed by atoms with van der Waals surface area (Å²) in [6.07, 6.45) is 1.78. The Kier molecular flexibility index (Phi) is 10.5. The Bertz CT molecular complexity index is 464. The molecule has 2 N–H and O–H groups in total. The van der Waals surface area contributed by atoms with E-state index in [9.17, 15) is 4.79 Å². The van der Waals surface area contributed by atoms with E-state index < -0.39 is 0 Å². The Balaban J connectivity index is 0.00000242. The maximum Gasteiger partial charge on any atom is 0.225 e. The molecule has 1 aromatic rings. The zero-order valence-electron chi connectivity index (χ0n) is 13.0. The number of ether oxygens (including phenoxy) is 1. The third-order valence-corrected chi connectivity index (χ3v) is 3.89. The van der Waals surface area contributed by atoms with Crippen LogP contribution in [-0.2, 0) is 9.53 Å². The number of carbonyl (C=O) groups excluding carboxylic acids is 1. The predicted octanol–water partition coefficient (Wildman–Crippen LogP) is 1.59. The van der Waals surface area contributed by atoms with E-state index in [-0.39, 0.29) is 36.8 Å². The number of pyridine rings is 1. The summed E-state index contributed by atoms with van der Waals surface area (Å²) >= 11 is 5.84. The van der Waals surface area contributed by atoms with Crippen molar-refractivity contribution in [1.82, 2.24) is 9.88 Å². The molecule has 1 aromatic heterocycles. The van der Waals surface area contributed by atoms with Crippen LogP contribution in [0.4, 0.5) is 5.82 Å². The lowest BCUT2D eigenvalue weighted by Gasteiger charge is -2.35. The van der Waals surface area contributed by atoms with E-state index in [1.807, 2.05) is 17.0 Å². The number of hydrogen-bond donors (Lipinski definition) is 1. The highest BCUT2D eigenvalue weighted by Crippen LogP contribution is 2.16. The molecule has 1 aliphatic heterocycles. The highest BCUT2D eigenvalue weighted by molar-refractivity contribution is 6.30. The Morgan fingerprint density at radius 2 is 2.00 bits per heavy atom. The molecule has 0 radical (unpaired) electrons. The lowest BCUT2D eigenvalue weighted by atomic mass is 10.2. The minimum absolute atomic E-state index is 0. The molecule has 1 unspecified atom stereocenters. The second-order valence-corrected chi connectivity index (χ2v) is 5.44. The van der Waals surface area contributed by atoms with E-state index in [2.05, 4.69) is 9.88 Å². The van der Waals surface area contributed by atoms with Gasteiger partial charge in [0.15, 0.2) is 0 Å². The van der Waals surface area contributed by atoms with Crippen LogP contribution in [0.25, 0.3) is 0 Å². The molecule has 23 heavy (non-hydrogen) atoms. The molecule has 6 nitrogen and oxygen atoms in total. The normalized spacial score (nSPS) is 15.4. The standard InChI is InChI=1S/C14H21ClN4O2.2ClH/c1-21-12(9-16)8-14(20)19-6-4-18(5-7-19)13-3-2-11(15)10-17-13;;/h2-3,10,12H,4-9,16H2,1H3;2*1H. The fourth-order valence-corrected chi connectivity index (χ4v) is 2.44. The van der Waals surface area contributed by atoms with Gasteiger partial charge in [0.2, 0.25) is 5.91 Å². The molecule has 1 atom stereocenters. The first kappa shape index (κ1) is 22.2. The Morgan fingerprint density at radius 3 is 2.48 bits per heavy atom. The number of aromatic nitrogens is 1. The molecular formula is C14H23Cl3N4O2. The molecule has 132 valence electrons. The number of nitrogens with two attached hydrogens (primary N) is 1. The van der Waals surface area contributed by atoms with Gasteiger partial charge in [0.1, 0.15) is 5.82 Å². The zero-order chi connectivity index (χ0) is 15.2. The van der Waals surface area contributed by atoms with Crippen molar-refractivity contribution in [1.29, 1.82) is 0 Å². The molecule has 2 rings (SSSR count). The summed E-state index contributed by atoms with van der Waals surface area (Å²) in [6, 6.07) is 3.72. The molecule has 2 heterocycles. The minimum Gasteiger partial charge on any atom is -0.380 e. The molecule has 1 amide bonds. The van der Waals surface area contributed by atoms with Gasteiger partial charge < -0.3 is 20.3 Å². The number of rotatable bonds is 5. The molecular weight excluding hydrogens is 363 g/mol. The summed E-state index contributed by atoms with van der Waals surface area (Å²) in [5, 5.41) is 0.625. The molecule has 0 aromatic carbocycles. The van der Waals surface area contributed by atoms with E-state index in [1.54, 1.807) is 13.3 Å². The average molecular weight is 386 g/mol. The second kappa shape index (κ2) is 10.9. The van der Waals surface area contributed by atoms with Gasteiger partial charge in [0.25, 0.3) is 0 Å². The van der Waals surface area contributed by atoms with Crippen LogP contribution in [0.15, 0.2) is 18.3 Å². The van der Waals surface area contributed by atoms with Crippen LogP contribution in [0.3, 0.4) is 0 Å². The van der Waals surface area contributed by atoms with Crippen molar-refractivity contribution >= 4 is 48.1 Å². The molecule has 1 aliphatic rings. The number of piperazine rings is 1. The third kappa shape index (κ3) is 6.31. The molecule has 1 fully saturated rings. The quantitative estimate of drug-likeness (QED) is 0.833. The van der Waals surface area contributed by atoms with E-state index in [0.29, 0.717) is 31.1 Å². The van der Waals surface area contributed by atoms with Gasteiger partial charge in [-0.05, 0) is 12.1 Å². The summed E-state index contributed by atoms with van der Waals surface area (Å²) in [4.78, 5) is 20.5. The van der Waals surface area contributed by atoms with Crippen LogP contribution in [0.5, 0.6) is 0 Å². The van der Waals surface area contributed by atoms with E-state index in [1.165, 1.54) is 0 Å². The predicted molar refractivity (Wildman–Crippen MR) is 97.0 cm³/mol. The average Bonchev–Trinajstić information content (AvgIpc) is 2.53. The van der Waals surface area contributed by atoms with Gasteiger partial charge in [-0.25, -0.2) is 4.98 Å². The molecule has 0 spiro atoms. The number of carbonyl (C=O) groups is 1. The Morgan fingerprint density at radius 1 is 1.35 bits per heavy atom. The summed E-state index contributed by atoms with van der Waals surface area (Å²) in [7, 11) is 1.58. The van der Waals surface area contributed by atoms with Gasteiger partial charge >= 0.3 is 0 Å². The molecule has 9 heteroatoms. The summed E-state index contributed by atoms with van der Waals surface area (Å²) in [5.74, 6) is 0.985. The second-order valence-electron chi connectivity index (χ2n) is 5.00. The van der Waals surface area contributed by atoms with Crippen molar-refractivity contribution in [2.24, 2.45) is 5.73 Å². The zero-order valence-corrected chi connectivity index (χ0v) is 15.4. The Hall–Kier alpha value is -0.790. The van der Waals surface area contributed by atoms with Crippen molar-refractivity contribution in [2.45, 2.75) is 12.5 Å². The maximum absolute atomic E-state index is 12.2. The van der Waals surface area contributed by atoms with Crippen molar-refractivity contribution in [3.05, 3.63) is 23.4 Å². The van der Waals surface area contributed by atoms with E-state index in [4.69, 9.17) is 22.1 Å². The highest BCUT2D eigenvalue weighted by atomic mass is 35.5. The monoisotopic (exact) mass is 384 g/mol. The molecule has 0 saturated carbocycles. The fraction of sp³-hybridized carbons (Fsp3) is 0.571. The van der Waals surface area contributed by atoms with Gasteiger partial charge in [-0.1, -0.05) is 11.6 Å². The van der Waals surface area contributed by atoms with Crippen LogP contribution >= 0.6 is 36.4 Å². The number of nitrogens with zero attached hydrogens (tertiary/aromatic N) is 3. The van der Waals surface area contributed by atoms with Crippen LogP contribution in [0.1, 0.15) is 6.42 Å². The lowest BCUT2D eigenvalue weighted by molar-refractivity contribution is -0.133. The van der Waals surface area contributed by atoms with Crippen molar-refractivity contribution in [3.8, 4) is 0 Å². The summed E-state index contributed by atoms with van der Waals surface area (Å²) in [6.45, 7) is 3.26. The Labute approximate surface area is 154 Å². The van der Waals surface area contributed by atoms with Crippen LogP contribution < -0.4 is 10.6 Å². The van der Waals surface area contributed by atoms with Crippen LogP contribution in [-0.4, -0.2) is 61.7 Å². The van der Waals surface area contributed by atoms with Gasteiger partial charge in [-0.2, -0.15) is 0 Å². The smallest absolute Gasteiger partial charge is 0.225 e. The first-order valence-corrected chi connectivity index (χ1v) is 7.39. The maximum atomic E-state index is 12.2. The van der Waals surface area contributed by atoms with Crippen molar-refractivity contribution < 1.29 is 9.53 Å². The van der Waals surface area contributed by atoms with Gasteiger partial charge in [-0.3, -0.25) is 4.79 Å². The number of hydrogen-bond acceptors (Lipinski definition) is 5. The highest BCUT2D eigenvalue weighted by Gasteiger charge is 2.23. The fourth-order valence-electron chi connectivity index (χ4n) is 2.33. The number of halogens is 3. The number of amides is 1. The minimum atomic E-state index is -0.200. The lowest BCUT2D eigenvalue weighted by Crippen LogP contribution is -2.49. The topological polar surface area (TPSA) is 71.7 Å². The third-order valence-electron chi connectivity index (χ3n) is 3.67. The molecule has 0 bridgehead atoms. The van der Waals surface area contributed by atoms with Gasteiger partial charge in [0.05, 0.1) is 17.5 Å². The first-order chi connectivity index (χ1) is 10.1. The molecule has 0 aliphatic carbocycles. The SMILES string of the molecule is COC(CN)CC(=O)N1CCN(c2ccc(Cl)cn2)CC1.Cl.Cl. The number of methoxy groups -OCH3 is 1.